The Morgan fingerprint density at radius 1 is 0.580 bits per heavy atom. The van der Waals surface area contributed by atoms with E-state index in [1.807, 2.05) is 13.8 Å². The fourth-order valence-corrected chi connectivity index (χ4v) is 19.6. The summed E-state index contributed by atoms with van der Waals surface area (Å²) in [6.07, 6.45) is -27.6. The van der Waals surface area contributed by atoms with Gasteiger partial charge in [0.05, 0.1) is 51.3 Å². The Balaban J connectivity index is 0.000000516. The Labute approximate surface area is 582 Å². The predicted molar refractivity (Wildman–Crippen MR) is 345 cm³/mol. The van der Waals surface area contributed by atoms with Crippen molar-refractivity contribution in [2.75, 3.05) is 26.9 Å². The number of carbonyl (C=O) groups is 2. The number of rotatable bonds is 13. The lowest BCUT2D eigenvalue weighted by Crippen LogP contribution is -2.68. The minimum absolute atomic E-state index is 0.129. The molecule has 4 saturated carbocycles. The molecule has 15 N–H and O–H groups in total. The minimum atomic E-state index is -1.93. The Hall–Kier alpha value is -3.42. The summed E-state index contributed by atoms with van der Waals surface area (Å²) in [5, 5.41) is 162. The molecule has 5 saturated heterocycles. The number of aliphatic hydroxyl groups excluding tert-OH is 14. The molecule has 29 heteroatoms. The van der Waals surface area contributed by atoms with Crippen molar-refractivity contribution in [3.63, 3.8) is 0 Å². The molecule has 12 rings (SSSR count). The SMILES string of the molecule is CC1OC(OC2CCC3(C)C(CCC4(C)C3CC=C3C5CC(C)(C)CCC5(C(=O)OC5OCC(O)C(O)C5OC5OC(C)C(OC6OC(CO)C(O)C(O)C6O)C(O)C5O)C(O)CC34C)C2(C)C)C(O)C(O)C1OC1OCC(O)C(O)C1O.COc1c(C(=O)O)ccc2c1CCC(C)(C)O2. The van der Waals surface area contributed by atoms with E-state index in [0.717, 1.165) is 49.0 Å². The standard InChI is InChI=1S/C58H94O25.C13H16O4/c1-23-44(80-47-40(69)34(63)27(60)21-74-47)38(67)42(71)48(76-23)79-33-13-14-55(7)30(54(33,5)6)12-15-56(8)31(55)11-10-25-26-18-53(3,4)16-17-58(26,32(62)19-57(25,56)9)52(73)83-51-46(35(64)28(61)22-75-51)82-49-43(72)39(68)45(24(2)77-49)81-50-41(70)37(66)36(65)29(20-59)78-50;1-13(2)7-6-8-10(17-13)5-4-9(12(14)15)11(8)16-3/h10,23-24,26-51,59-72H,11-22H2,1-9H3;4-5H,6-7H2,1-3H3,(H,14,15). The zero-order chi connectivity index (χ0) is 73.2. The lowest BCUT2D eigenvalue weighted by Gasteiger charge is -2.71. The molecule has 29 nitrogen and oxygen atoms in total. The van der Waals surface area contributed by atoms with Crippen LogP contribution in [0.2, 0.25) is 0 Å². The van der Waals surface area contributed by atoms with E-state index in [1.54, 1.807) is 13.0 Å². The van der Waals surface area contributed by atoms with E-state index < -0.39 is 201 Å². The van der Waals surface area contributed by atoms with Crippen molar-refractivity contribution in [3.8, 4) is 11.5 Å². The summed E-state index contributed by atoms with van der Waals surface area (Å²) in [5.74, 6) is -0.832. The van der Waals surface area contributed by atoms with Crippen LogP contribution in [0.3, 0.4) is 0 Å². The van der Waals surface area contributed by atoms with Gasteiger partial charge in [-0.25, -0.2) is 4.79 Å². The van der Waals surface area contributed by atoms with Crippen LogP contribution in [0.25, 0.3) is 0 Å². The summed E-state index contributed by atoms with van der Waals surface area (Å²) < 4.78 is 70.7. The van der Waals surface area contributed by atoms with Gasteiger partial charge in [0, 0.05) is 5.56 Å². The quantitative estimate of drug-likeness (QED) is 0.0730. The number of esters is 1. The van der Waals surface area contributed by atoms with E-state index in [0.29, 0.717) is 31.4 Å². The lowest BCUT2D eigenvalue weighted by molar-refractivity contribution is -0.374. The number of methoxy groups -OCH3 is 1. The number of hydrogen-bond donors (Lipinski definition) is 15. The molecule has 6 aliphatic heterocycles. The van der Waals surface area contributed by atoms with Crippen molar-refractivity contribution in [2.24, 2.45) is 50.2 Å². The number of carboxylic acids is 1. The Morgan fingerprint density at radius 2 is 1.15 bits per heavy atom. The average Bonchev–Trinajstić information content (AvgIpc) is 0.671. The number of benzene rings is 1. The summed E-state index contributed by atoms with van der Waals surface area (Å²) in [6.45, 7) is 21.2. The van der Waals surface area contributed by atoms with Gasteiger partial charge in [0.15, 0.2) is 31.3 Å². The number of allylic oxidation sites excluding steroid dienone is 2. The summed E-state index contributed by atoms with van der Waals surface area (Å²) in [7, 11) is 1.49. The fraction of sp³-hybridized carbons (Fsp3) is 0.859. The summed E-state index contributed by atoms with van der Waals surface area (Å²) in [6, 6.07) is 3.24. The topological polar surface area (TPSA) is 448 Å². The second kappa shape index (κ2) is 28.7. The molecule has 6 heterocycles. The maximum Gasteiger partial charge on any atom is 0.339 e. The van der Waals surface area contributed by atoms with Gasteiger partial charge in [-0.1, -0.05) is 60.1 Å². The molecular formula is C71H110O29. The van der Waals surface area contributed by atoms with E-state index in [-0.39, 0.29) is 58.7 Å². The fourth-order valence-electron chi connectivity index (χ4n) is 19.6. The zero-order valence-corrected chi connectivity index (χ0v) is 59.2. The van der Waals surface area contributed by atoms with Gasteiger partial charge in [0.2, 0.25) is 6.29 Å². The van der Waals surface area contributed by atoms with Crippen LogP contribution in [0, 0.1) is 50.2 Å². The van der Waals surface area contributed by atoms with E-state index in [1.165, 1.54) is 20.1 Å². The van der Waals surface area contributed by atoms with Gasteiger partial charge in [-0.2, -0.15) is 0 Å². The first-order valence-electron chi connectivity index (χ1n) is 35.5. The van der Waals surface area contributed by atoms with Crippen molar-refractivity contribution >= 4 is 11.9 Å². The molecular weight excluding hydrogens is 1320 g/mol. The first-order valence-corrected chi connectivity index (χ1v) is 35.5. The summed E-state index contributed by atoms with van der Waals surface area (Å²) >= 11 is 0. The molecule has 9 fully saturated rings. The largest absolute Gasteiger partial charge is 0.495 e. The van der Waals surface area contributed by atoms with E-state index in [2.05, 4.69) is 54.5 Å². The Bertz CT molecular complexity index is 3090. The number of hydrogen-bond acceptors (Lipinski definition) is 28. The summed E-state index contributed by atoms with van der Waals surface area (Å²) in [5.41, 5.74) is -1.44. The first kappa shape index (κ1) is 77.7. The molecule has 1 aromatic rings. The molecule has 100 heavy (non-hydrogen) atoms. The van der Waals surface area contributed by atoms with Gasteiger partial charge >= 0.3 is 11.9 Å². The van der Waals surface area contributed by atoms with Crippen LogP contribution in [0.1, 0.15) is 156 Å². The lowest BCUT2D eigenvalue weighted by atomic mass is 9.33. The van der Waals surface area contributed by atoms with Crippen molar-refractivity contribution < 1.29 is 143 Å². The van der Waals surface area contributed by atoms with Gasteiger partial charge in [0.1, 0.15) is 120 Å². The Kier molecular flexibility index (Phi) is 22.3. The zero-order valence-electron chi connectivity index (χ0n) is 59.2. The number of aliphatic hydroxyl groups is 14. The van der Waals surface area contributed by atoms with Crippen LogP contribution in [0.5, 0.6) is 11.5 Å². The highest BCUT2D eigenvalue weighted by atomic mass is 16.8. The Morgan fingerprint density at radius 3 is 1.77 bits per heavy atom. The van der Waals surface area contributed by atoms with Crippen molar-refractivity contribution in [2.45, 2.75) is 306 Å². The van der Waals surface area contributed by atoms with Crippen LogP contribution in [-0.2, 0) is 58.6 Å². The number of aromatic carboxylic acids is 1. The first-order chi connectivity index (χ1) is 46.7. The van der Waals surface area contributed by atoms with E-state index >= 15 is 4.79 Å². The number of fused-ring (bicyclic) bond motifs is 8. The second-order valence-electron chi connectivity index (χ2n) is 33.0. The molecule has 32 atom stereocenters. The number of ether oxygens (including phenoxy) is 12. The molecule has 11 aliphatic rings. The van der Waals surface area contributed by atoms with Crippen LogP contribution in [0.4, 0.5) is 0 Å². The third-order valence-corrected chi connectivity index (χ3v) is 25.7. The van der Waals surface area contributed by atoms with Crippen LogP contribution < -0.4 is 9.47 Å². The molecule has 0 radical (unpaired) electrons. The summed E-state index contributed by atoms with van der Waals surface area (Å²) in [4.78, 5) is 26.5. The number of carboxylic acid groups (broad SMARTS) is 1. The molecule has 32 unspecified atom stereocenters. The maximum absolute atomic E-state index is 15.4. The van der Waals surface area contributed by atoms with Crippen LogP contribution in [0.15, 0.2) is 23.8 Å². The second-order valence-corrected chi connectivity index (χ2v) is 33.0. The third kappa shape index (κ3) is 13.5. The molecule has 0 aromatic heterocycles. The van der Waals surface area contributed by atoms with E-state index in [9.17, 15) is 76.3 Å². The van der Waals surface area contributed by atoms with Crippen LogP contribution in [-0.4, -0.2) is 275 Å². The van der Waals surface area contributed by atoms with Crippen LogP contribution >= 0.6 is 0 Å². The molecule has 0 bridgehead atoms. The highest BCUT2D eigenvalue weighted by Gasteiger charge is 2.72. The van der Waals surface area contributed by atoms with Gasteiger partial charge in [-0.3, -0.25) is 4.79 Å². The van der Waals surface area contributed by atoms with Crippen molar-refractivity contribution in [1.29, 1.82) is 0 Å². The third-order valence-electron chi connectivity index (χ3n) is 25.7. The average molecular weight is 1430 g/mol. The molecule has 0 amide bonds. The highest BCUT2D eigenvalue weighted by molar-refractivity contribution is 5.92. The molecule has 1 aromatic carbocycles. The van der Waals surface area contributed by atoms with Gasteiger partial charge < -0.3 is 133 Å². The van der Waals surface area contributed by atoms with Crippen molar-refractivity contribution in [1.82, 2.24) is 0 Å². The van der Waals surface area contributed by atoms with E-state index in [4.69, 9.17) is 61.9 Å². The van der Waals surface area contributed by atoms with Gasteiger partial charge in [-0.15, -0.1) is 0 Å². The smallest absolute Gasteiger partial charge is 0.339 e. The predicted octanol–water partition coefficient (Wildman–Crippen LogP) is 0.590. The minimum Gasteiger partial charge on any atom is -0.495 e. The molecule has 5 aliphatic carbocycles. The normalized spacial score (nSPS) is 48.6. The van der Waals surface area contributed by atoms with Gasteiger partial charge in [-0.05, 0) is 155 Å². The number of carbonyl (C=O) groups excluding carboxylic acids is 1. The highest BCUT2D eigenvalue weighted by Crippen LogP contribution is 2.76. The molecule has 0 spiro atoms. The monoisotopic (exact) mass is 1430 g/mol. The van der Waals surface area contributed by atoms with Crippen molar-refractivity contribution in [3.05, 3.63) is 34.9 Å². The molecule has 568 valence electrons. The maximum atomic E-state index is 15.4. The van der Waals surface area contributed by atoms with Gasteiger partial charge in [0.25, 0.3) is 0 Å².